The number of amides is 1. The van der Waals surface area contributed by atoms with Crippen molar-refractivity contribution in [3.05, 3.63) is 23.8 Å². The van der Waals surface area contributed by atoms with Gasteiger partial charge >= 0.3 is 0 Å². The molecule has 0 atom stereocenters. The molecule has 1 amide bonds. The van der Waals surface area contributed by atoms with Crippen LogP contribution in [0.25, 0.3) is 0 Å². The van der Waals surface area contributed by atoms with Crippen LogP contribution in [0.4, 0.5) is 5.69 Å². The molecular weight excluding hydrogens is 312 g/mol. The number of nitrogens with zero attached hydrogens (tertiary/aromatic N) is 2. The van der Waals surface area contributed by atoms with Crippen molar-refractivity contribution < 1.29 is 13.2 Å². The average Bonchev–Trinajstić information content (AvgIpc) is 2.84. The van der Waals surface area contributed by atoms with Crippen LogP contribution in [0.1, 0.15) is 44.6 Å². The van der Waals surface area contributed by atoms with Crippen LogP contribution < -0.4 is 4.90 Å². The number of sulfonamides is 1. The molecule has 0 N–H and O–H groups in total. The smallest absolute Gasteiger partial charge is 0.243 e. The molecular formula is C17H24N2O3S. The van der Waals surface area contributed by atoms with Crippen LogP contribution in [0.5, 0.6) is 0 Å². The molecule has 2 heterocycles. The van der Waals surface area contributed by atoms with Crippen molar-refractivity contribution in [2.45, 2.75) is 50.3 Å². The van der Waals surface area contributed by atoms with Crippen LogP contribution >= 0.6 is 0 Å². The first-order chi connectivity index (χ1) is 11.0. The number of benzene rings is 1. The first-order valence-electron chi connectivity index (χ1n) is 8.47. The van der Waals surface area contributed by atoms with Gasteiger partial charge < -0.3 is 4.90 Å². The van der Waals surface area contributed by atoms with Gasteiger partial charge in [-0.05, 0) is 49.9 Å². The SMILES string of the molecule is CCN1C(=O)CCc2cc(S(=O)(=O)N3CCCCCC3)ccc21. The third-order valence-corrected chi connectivity index (χ3v) is 6.66. The maximum Gasteiger partial charge on any atom is 0.243 e. The minimum absolute atomic E-state index is 0.114. The van der Waals surface area contributed by atoms with Crippen LogP contribution in [0.3, 0.4) is 0 Å². The van der Waals surface area contributed by atoms with E-state index in [4.69, 9.17) is 0 Å². The Labute approximate surface area is 138 Å². The summed E-state index contributed by atoms with van der Waals surface area (Å²) in [5, 5.41) is 0. The summed E-state index contributed by atoms with van der Waals surface area (Å²) in [4.78, 5) is 14.1. The zero-order chi connectivity index (χ0) is 16.4. The second kappa shape index (κ2) is 6.61. The normalized spacial score (nSPS) is 20.2. The third kappa shape index (κ3) is 3.15. The molecule has 5 nitrogen and oxygen atoms in total. The van der Waals surface area contributed by atoms with Crippen molar-refractivity contribution in [2.24, 2.45) is 0 Å². The van der Waals surface area contributed by atoms with Crippen LogP contribution in [0, 0.1) is 0 Å². The Hall–Kier alpha value is -1.40. The lowest BCUT2D eigenvalue weighted by Crippen LogP contribution is -2.35. The Balaban J connectivity index is 1.93. The number of hydrogen-bond acceptors (Lipinski definition) is 3. The van der Waals surface area contributed by atoms with Crippen LogP contribution in [-0.4, -0.2) is 38.3 Å². The van der Waals surface area contributed by atoms with Crippen molar-refractivity contribution >= 4 is 21.6 Å². The molecule has 0 aliphatic carbocycles. The van der Waals surface area contributed by atoms with Crippen molar-refractivity contribution in [3.8, 4) is 0 Å². The average molecular weight is 336 g/mol. The highest BCUT2D eigenvalue weighted by Gasteiger charge is 2.28. The summed E-state index contributed by atoms with van der Waals surface area (Å²) in [6.07, 6.45) is 5.14. The van der Waals surface area contributed by atoms with Crippen LogP contribution in [-0.2, 0) is 21.2 Å². The molecule has 3 rings (SSSR count). The highest BCUT2D eigenvalue weighted by Crippen LogP contribution is 2.31. The van der Waals surface area contributed by atoms with E-state index in [9.17, 15) is 13.2 Å². The summed E-state index contributed by atoms with van der Waals surface area (Å²) in [6, 6.07) is 5.21. The van der Waals surface area contributed by atoms with Crippen molar-refractivity contribution in [3.63, 3.8) is 0 Å². The van der Waals surface area contributed by atoms with Crippen molar-refractivity contribution in [2.75, 3.05) is 24.5 Å². The molecule has 2 aliphatic heterocycles. The van der Waals surface area contributed by atoms with E-state index in [0.717, 1.165) is 36.9 Å². The molecule has 0 saturated carbocycles. The Kier molecular flexibility index (Phi) is 4.73. The fourth-order valence-corrected chi connectivity index (χ4v) is 5.04. The standard InChI is InChI=1S/C17H24N2O3S/c1-2-19-16-9-8-15(13-14(16)7-10-17(19)20)23(21,22)18-11-5-3-4-6-12-18/h8-9,13H,2-7,10-12H2,1H3. The Morgan fingerprint density at radius 2 is 1.74 bits per heavy atom. The summed E-state index contributed by atoms with van der Waals surface area (Å²) >= 11 is 0. The lowest BCUT2D eigenvalue weighted by atomic mass is 10.0. The minimum atomic E-state index is -3.43. The number of carbonyl (C=O) groups excluding carboxylic acids is 1. The summed E-state index contributed by atoms with van der Waals surface area (Å²) in [6.45, 7) is 3.77. The molecule has 1 aromatic carbocycles. The quantitative estimate of drug-likeness (QED) is 0.852. The Morgan fingerprint density at radius 1 is 1.04 bits per heavy atom. The zero-order valence-electron chi connectivity index (χ0n) is 13.6. The molecule has 2 aliphatic rings. The number of carbonyl (C=O) groups is 1. The van der Waals surface area contributed by atoms with E-state index < -0.39 is 10.0 Å². The van der Waals surface area contributed by atoms with Gasteiger partial charge in [-0.15, -0.1) is 0 Å². The molecule has 23 heavy (non-hydrogen) atoms. The van der Waals surface area contributed by atoms with Gasteiger partial charge in [0.25, 0.3) is 0 Å². The van der Waals surface area contributed by atoms with Gasteiger partial charge in [0.1, 0.15) is 0 Å². The lowest BCUT2D eigenvalue weighted by Gasteiger charge is -2.29. The van der Waals surface area contributed by atoms with Gasteiger partial charge in [0.05, 0.1) is 4.90 Å². The molecule has 0 spiro atoms. The minimum Gasteiger partial charge on any atom is -0.312 e. The number of rotatable bonds is 3. The molecule has 1 aromatic rings. The highest BCUT2D eigenvalue weighted by molar-refractivity contribution is 7.89. The number of aryl methyl sites for hydroxylation is 1. The van der Waals surface area contributed by atoms with E-state index in [2.05, 4.69) is 0 Å². The third-order valence-electron chi connectivity index (χ3n) is 4.77. The highest BCUT2D eigenvalue weighted by atomic mass is 32.2. The second-order valence-electron chi connectivity index (χ2n) is 6.25. The predicted molar refractivity (Wildman–Crippen MR) is 90.0 cm³/mol. The molecule has 126 valence electrons. The van der Waals surface area contributed by atoms with E-state index >= 15 is 0 Å². The first-order valence-corrected chi connectivity index (χ1v) is 9.91. The monoisotopic (exact) mass is 336 g/mol. The lowest BCUT2D eigenvalue weighted by molar-refractivity contribution is -0.118. The molecule has 0 bridgehead atoms. The predicted octanol–water partition coefficient (Wildman–Crippen LogP) is 2.55. The van der Waals surface area contributed by atoms with Gasteiger partial charge in [0.2, 0.25) is 15.9 Å². The Morgan fingerprint density at radius 3 is 2.39 bits per heavy atom. The molecule has 1 fully saturated rings. The number of hydrogen-bond donors (Lipinski definition) is 0. The van der Waals surface area contributed by atoms with E-state index in [0.29, 0.717) is 37.4 Å². The summed E-state index contributed by atoms with van der Waals surface area (Å²) in [7, 11) is -3.43. The van der Waals surface area contributed by atoms with Gasteiger partial charge in [0, 0.05) is 31.7 Å². The zero-order valence-corrected chi connectivity index (χ0v) is 14.4. The van der Waals surface area contributed by atoms with Crippen molar-refractivity contribution in [1.82, 2.24) is 4.31 Å². The molecule has 0 unspecified atom stereocenters. The van der Waals surface area contributed by atoms with Gasteiger partial charge in [-0.2, -0.15) is 4.31 Å². The molecule has 1 saturated heterocycles. The summed E-state index contributed by atoms with van der Waals surface area (Å²) in [5.74, 6) is 0.114. The van der Waals surface area contributed by atoms with E-state index in [-0.39, 0.29) is 5.91 Å². The topological polar surface area (TPSA) is 57.7 Å². The van der Waals surface area contributed by atoms with Crippen LogP contribution in [0.2, 0.25) is 0 Å². The number of anilines is 1. The van der Waals surface area contributed by atoms with Crippen LogP contribution in [0.15, 0.2) is 23.1 Å². The van der Waals surface area contributed by atoms with E-state index in [1.54, 1.807) is 27.4 Å². The van der Waals surface area contributed by atoms with Gasteiger partial charge in [-0.25, -0.2) is 8.42 Å². The van der Waals surface area contributed by atoms with Crippen molar-refractivity contribution in [1.29, 1.82) is 0 Å². The molecule has 0 radical (unpaired) electrons. The molecule has 6 heteroatoms. The largest absolute Gasteiger partial charge is 0.312 e. The Bertz CT molecular complexity index is 692. The van der Waals surface area contributed by atoms with Gasteiger partial charge in [0.15, 0.2) is 0 Å². The maximum absolute atomic E-state index is 12.9. The molecule has 0 aromatic heterocycles. The summed E-state index contributed by atoms with van der Waals surface area (Å²) < 4.78 is 27.4. The fraction of sp³-hybridized carbons (Fsp3) is 0.588. The number of fused-ring (bicyclic) bond motifs is 1. The maximum atomic E-state index is 12.9. The first kappa shape index (κ1) is 16.5. The fourth-order valence-electron chi connectivity index (χ4n) is 3.47. The van der Waals surface area contributed by atoms with Gasteiger partial charge in [-0.3, -0.25) is 4.79 Å². The van der Waals surface area contributed by atoms with E-state index in [1.807, 2.05) is 6.92 Å². The van der Waals surface area contributed by atoms with Gasteiger partial charge in [-0.1, -0.05) is 12.8 Å². The second-order valence-corrected chi connectivity index (χ2v) is 8.18. The summed E-state index contributed by atoms with van der Waals surface area (Å²) in [5.41, 5.74) is 1.82. The van der Waals surface area contributed by atoms with E-state index in [1.165, 1.54) is 0 Å².